The van der Waals surface area contributed by atoms with E-state index in [9.17, 15) is 4.79 Å². The zero-order valence-corrected chi connectivity index (χ0v) is 8.69. The van der Waals surface area contributed by atoms with Crippen LogP contribution in [0, 0.1) is 6.57 Å². The topological polar surface area (TPSA) is 30.7 Å². The lowest BCUT2D eigenvalue weighted by Gasteiger charge is -2.04. The standard InChI is InChI=1S/C9H5Cl2NO2/c1-12-8-6(9(13)14-2)3-5(10)4-7(8)11/h3-4H,2H3. The molecule has 72 valence electrons. The molecule has 5 heteroatoms. The highest BCUT2D eigenvalue weighted by molar-refractivity contribution is 6.37. The minimum absolute atomic E-state index is 0.0583. The molecule has 0 N–H and O–H groups in total. The fourth-order valence-electron chi connectivity index (χ4n) is 0.945. The molecule has 0 spiro atoms. The molecule has 0 unspecified atom stereocenters. The van der Waals surface area contributed by atoms with Gasteiger partial charge in [0.1, 0.15) is 0 Å². The van der Waals surface area contributed by atoms with Crippen molar-refractivity contribution in [3.05, 3.63) is 39.2 Å². The first kappa shape index (κ1) is 10.8. The number of rotatable bonds is 1. The lowest BCUT2D eigenvalue weighted by atomic mass is 10.2. The molecule has 1 rings (SSSR count). The summed E-state index contributed by atoms with van der Waals surface area (Å²) in [5, 5.41) is 0.440. The molecule has 1 aromatic carbocycles. The van der Waals surface area contributed by atoms with E-state index in [1.807, 2.05) is 0 Å². The third-order valence-corrected chi connectivity index (χ3v) is 2.05. The minimum atomic E-state index is -0.625. The van der Waals surface area contributed by atoms with Gasteiger partial charge in [-0.1, -0.05) is 23.2 Å². The van der Waals surface area contributed by atoms with Crippen LogP contribution in [0.2, 0.25) is 10.0 Å². The number of carbonyl (C=O) groups excluding carboxylic acids is 1. The number of nitrogens with zero attached hydrogens (tertiary/aromatic N) is 1. The maximum absolute atomic E-state index is 11.2. The lowest BCUT2D eigenvalue weighted by Crippen LogP contribution is -2.01. The van der Waals surface area contributed by atoms with E-state index in [0.29, 0.717) is 5.02 Å². The number of benzene rings is 1. The molecule has 1 aromatic rings. The third kappa shape index (κ3) is 1.98. The molecule has 0 bridgehead atoms. The first-order chi connectivity index (χ1) is 6.60. The van der Waals surface area contributed by atoms with Crippen molar-refractivity contribution >= 4 is 34.9 Å². The van der Waals surface area contributed by atoms with Crippen LogP contribution in [0.5, 0.6) is 0 Å². The second kappa shape index (κ2) is 4.32. The molecule has 3 nitrogen and oxygen atoms in total. The molecule has 0 fully saturated rings. The van der Waals surface area contributed by atoms with Gasteiger partial charge in [-0.15, -0.1) is 0 Å². The van der Waals surface area contributed by atoms with Crippen molar-refractivity contribution < 1.29 is 9.53 Å². The number of halogens is 2. The first-order valence-electron chi connectivity index (χ1n) is 3.55. The number of ether oxygens (including phenoxy) is 1. The molecule has 0 saturated carbocycles. The SMILES string of the molecule is [C-]#[N+]c1c(Cl)cc(Cl)cc1C(=O)OC. The van der Waals surface area contributed by atoms with Gasteiger partial charge >= 0.3 is 5.97 Å². The van der Waals surface area contributed by atoms with Crippen molar-refractivity contribution in [2.45, 2.75) is 0 Å². The number of hydrogen-bond donors (Lipinski definition) is 0. The lowest BCUT2D eigenvalue weighted by molar-refractivity contribution is 0.0602. The number of hydrogen-bond acceptors (Lipinski definition) is 2. The average molecular weight is 230 g/mol. The van der Waals surface area contributed by atoms with Gasteiger partial charge in [-0.05, 0) is 12.1 Å². The molecule has 0 aliphatic heterocycles. The summed E-state index contributed by atoms with van der Waals surface area (Å²) in [4.78, 5) is 14.4. The van der Waals surface area contributed by atoms with Gasteiger partial charge in [0.15, 0.2) is 0 Å². The second-order valence-corrected chi connectivity index (χ2v) is 3.23. The van der Waals surface area contributed by atoms with E-state index in [-0.39, 0.29) is 16.3 Å². The Balaban J connectivity index is 3.41. The maximum Gasteiger partial charge on any atom is 0.327 e. The van der Waals surface area contributed by atoms with Crippen molar-refractivity contribution in [3.8, 4) is 0 Å². The van der Waals surface area contributed by atoms with E-state index in [0.717, 1.165) is 0 Å². The smallest absolute Gasteiger partial charge is 0.327 e. The zero-order valence-electron chi connectivity index (χ0n) is 7.17. The normalized spacial score (nSPS) is 9.29. The molecular formula is C9H5Cl2NO2. The highest BCUT2D eigenvalue weighted by Gasteiger charge is 2.16. The molecule has 0 radical (unpaired) electrons. The highest BCUT2D eigenvalue weighted by atomic mass is 35.5. The molecule has 0 aromatic heterocycles. The predicted octanol–water partition coefficient (Wildman–Crippen LogP) is 3.33. The van der Waals surface area contributed by atoms with E-state index in [1.54, 1.807) is 0 Å². The van der Waals surface area contributed by atoms with Crippen LogP contribution in [0.25, 0.3) is 4.85 Å². The Hall–Kier alpha value is -1.24. The van der Waals surface area contributed by atoms with Crippen molar-refractivity contribution in [1.82, 2.24) is 0 Å². The van der Waals surface area contributed by atoms with Gasteiger partial charge in [0, 0.05) is 10.0 Å². The van der Waals surface area contributed by atoms with Gasteiger partial charge in [0.2, 0.25) is 5.69 Å². The molecule has 0 saturated heterocycles. The van der Waals surface area contributed by atoms with Gasteiger partial charge in [-0.2, -0.15) is 0 Å². The van der Waals surface area contributed by atoms with Crippen LogP contribution in [0.4, 0.5) is 5.69 Å². The Morgan fingerprint density at radius 2 is 2.14 bits per heavy atom. The monoisotopic (exact) mass is 229 g/mol. The van der Waals surface area contributed by atoms with Crippen LogP contribution in [0.1, 0.15) is 10.4 Å². The van der Waals surface area contributed by atoms with Crippen molar-refractivity contribution in [1.29, 1.82) is 0 Å². The highest BCUT2D eigenvalue weighted by Crippen LogP contribution is 2.32. The number of esters is 1. The summed E-state index contributed by atoms with van der Waals surface area (Å²) in [5.74, 6) is -0.625. The molecule has 0 heterocycles. The summed E-state index contributed by atoms with van der Waals surface area (Å²) in [7, 11) is 1.23. The van der Waals surface area contributed by atoms with Crippen molar-refractivity contribution in [3.63, 3.8) is 0 Å². The summed E-state index contributed by atoms with van der Waals surface area (Å²) in [5.41, 5.74) is 0.142. The largest absolute Gasteiger partial charge is 0.466 e. The van der Waals surface area contributed by atoms with Crippen LogP contribution in [-0.4, -0.2) is 13.1 Å². The summed E-state index contributed by atoms with van der Waals surface area (Å²) >= 11 is 11.4. The number of methoxy groups -OCH3 is 1. The van der Waals surface area contributed by atoms with Crippen LogP contribution in [0.3, 0.4) is 0 Å². The molecular weight excluding hydrogens is 225 g/mol. The molecule has 0 atom stereocenters. The summed E-state index contributed by atoms with van der Waals surface area (Å²) in [6, 6.07) is 2.76. The van der Waals surface area contributed by atoms with Crippen LogP contribution < -0.4 is 0 Å². The van der Waals surface area contributed by atoms with E-state index in [1.165, 1.54) is 19.2 Å². The van der Waals surface area contributed by atoms with Gasteiger partial charge in [-0.3, -0.25) is 0 Å². The Morgan fingerprint density at radius 3 is 2.64 bits per heavy atom. The average Bonchev–Trinajstić information content (AvgIpc) is 2.15. The first-order valence-corrected chi connectivity index (χ1v) is 4.30. The second-order valence-electron chi connectivity index (χ2n) is 2.39. The Morgan fingerprint density at radius 1 is 1.50 bits per heavy atom. The quantitative estimate of drug-likeness (QED) is 0.547. The Labute approximate surface area is 91.0 Å². The fourth-order valence-corrected chi connectivity index (χ4v) is 1.48. The third-order valence-electron chi connectivity index (χ3n) is 1.55. The summed E-state index contributed by atoms with van der Waals surface area (Å²) < 4.78 is 4.49. The van der Waals surface area contributed by atoms with E-state index in [4.69, 9.17) is 29.8 Å². The van der Waals surface area contributed by atoms with Crippen LogP contribution >= 0.6 is 23.2 Å². The Kier molecular flexibility index (Phi) is 3.34. The van der Waals surface area contributed by atoms with Gasteiger partial charge < -0.3 is 4.74 Å². The molecule has 0 amide bonds. The van der Waals surface area contributed by atoms with Crippen LogP contribution in [-0.2, 0) is 4.74 Å². The molecule has 0 aliphatic rings. The van der Waals surface area contributed by atoms with E-state index >= 15 is 0 Å². The van der Waals surface area contributed by atoms with Gasteiger partial charge in [-0.25, -0.2) is 9.64 Å². The van der Waals surface area contributed by atoms with Crippen LogP contribution in [0.15, 0.2) is 12.1 Å². The summed E-state index contributed by atoms with van der Waals surface area (Å²) in [6.45, 7) is 6.85. The zero-order chi connectivity index (χ0) is 10.7. The van der Waals surface area contributed by atoms with Crippen molar-refractivity contribution in [2.24, 2.45) is 0 Å². The van der Waals surface area contributed by atoms with Gasteiger partial charge in [0.25, 0.3) is 0 Å². The van der Waals surface area contributed by atoms with Crippen molar-refractivity contribution in [2.75, 3.05) is 7.11 Å². The van der Waals surface area contributed by atoms with E-state index < -0.39 is 5.97 Å². The van der Waals surface area contributed by atoms with E-state index in [2.05, 4.69) is 9.58 Å². The number of carbonyl (C=O) groups is 1. The predicted molar refractivity (Wildman–Crippen MR) is 54.1 cm³/mol. The fraction of sp³-hybridized carbons (Fsp3) is 0.111. The van der Waals surface area contributed by atoms with Gasteiger partial charge in [0.05, 0.1) is 19.2 Å². The molecule has 14 heavy (non-hydrogen) atoms. The Bertz CT molecular complexity index is 424. The maximum atomic E-state index is 11.2. The summed E-state index contributed by atoms with van der Waals surface area (Å²) in [6.07, 6.45) is 0. The molecule has 0 aliphatic carbocycles. The minimum Gasteiger partial charge on any atom is -0.466 e.